The Kier molecular flexibility index (Phi) is 7.40. The predicted molar refractivity (Wildman–Crippen MR) is 143 cm³/mol. The van der Waals surface area contributed by atoms with E-state index < -0.39 is 5.91 Å². The molecule has 0 spiro atoms. The van der Waals surface area contributed by atoms with E-state index in [9.17, 15) is 10.0 Å². The van der Waals surface area contributed by atoms with Crippen LogP contribution >= 0.6 is 11.3 Å². The second kappa shape index (κ2) is 11.0. The van der Waals surface area contributed by atoms with Gasteiger partial charge in [-0.1, -0.05) is 23.4 Å². The third-order valence-electron chi connectivity index (χ3n) is 6.14. The average molecular weight is 535 g/mol. The van der Waals surface area contributed by atoms with Crippen LogP contribution in [0.25, 0.3) is 21.6 Å². The van der Waals surface area contributed by atoms with Gasteiger partial charge in [-0.3, -0.25) is 10.0 Å². The van der Waals surface area contributed by atoms with Crippen molar-refractivity contribution < 1.29 is 19.9 Å². The molecule has 0 radical (unpaired) electrons. The lowest BCUT2D eigenvalue weighted by molar-refractivity contribution is 0.0705. The number of thiophene rings is 1. The van der Waals surface area contributed by atoms with Crippen molar-refractivity contribution in [1.29, 1.82) is 0 Å². The van der Waals surface area contributed by atoms with Crippen LogP contribution in [0.1, 0.15) is 27.7 Å². The number of nitrogens with zero attached hydrogens (tertiary/aromatic N) is 7. The molecule has 38 heavy (non-hydrogen) atoms. The molecule has 1 saturated heterocycles. The summed E-state index contributed by atoms with van der Waals surface area (Å²) >= 11 is 1.61. The number of benzene rings is 1. The van der Waals surface area contributed by atoms with E-state index in [1.165, 1.54) is 12.4 Å². The van der Waals surface area contributed by atoms with E-state index in [1.54, 1.807) is 23.7 Å². The van der Waals surface area contributed by atoms with E-state index in [1.807, 2.05) is 42.3 Å². The number of oxime groups is 1. The van der Waals surface area contributed by atoms with E-state index in [-0.39, 0.29) is 5.56 Å². The van der Waals surface area contributed by atoms with E-state index >= 15 is 0 Å². The molecule has 4 heterocycles. The standard InChI is InChI=1S/C25H26N8O4S/c1-15(30-35)16-4-3-5-17(10-16)22-28-20-11-19(38-21(20)23(29-22)33-6-8-37-9-7-33)14-32(2)25-26-12-18(13-27-25)24(34)31-36/h3-5,10-13,35-36H,6-9,14H2,1-2H3,(H,31,34). The summed E-state index contributed by atoms with van der Waals surface area (Å²) in [5.74, 6) is 1.22. The molecular formula is C25H26N8O4S. The fraction of sp³-hybridized carbons (Fsp3) is 0.280. The van der Waals surface area contributed by atoms with E-state index in [4.69, 9.17) is 19.9 Å². The van der Waals surface area contributed by atoms with Crippen LogP contribution in [-0.2, 0) is 11.3 Å². The maximum atomic E-state index is 11.5. The van der Waals surface area contributed by atoms with Crippen molar-refractivity contribution in [2.45, 2.75) is 13.5 Å². The average Bonchev–Trinajstić information content (AvgIpc) is 3.38. The van der Waals surface area contributed by atoms with Crippen molar-refractivity contribution in [3.05, 3.63) is 58.7 Å². The Bertz CT molecular complexity index is 1480. The topological polar surface area (TPSA) is 149 Å². The minimum absolute atomic E-state index is 0.161. The van der Waals surface area contributed by atoms with Crippen LogP contribution in [0.15, 0.2) is 47.9 Å². The van der Waals surface area contributed by atoms with E-state index in [0.29, 0.717) is 37.2 Å². The molecule has 3 N–H and O–H groups in total. The van der Waals surface area contributed by atoms with Gasteiger partial charge in [0, 0.05) is 43.0 Å². The summed E-state index contributed by atoms with van der Waals surface area (Å²) in [6, 6.07) is 9.67. The normalized spacial score (nSPS) is 14.1. The molecule has 1 aliphatic heterocycles. The van der Waals surface area contributed by atoms with E-state index in [2.05, 4.69) is 20.0 Å². The number of nitrogens with one attached hydrogen (secondary N) is 1. The molecule has 0 atom stereocenters. The predicted octanol–water partition coefficient (Wildman–Crippen LogP) is 2.94. The number of ether oxygens (including phenoxy) is 1. The summed E-state index contributed by atoms with van der Waals surface area (Å²) in [6.45, 7) is 4.98. The largest absolute Gasteiger partial charge is 0.411 e. The lowest BCUT2D eigenvalue weighted by Gasteiger charge is -2.28. The summed E-state index contributed by atoms with van der Waals surface area (Å²) in [6.07, 6.45) is 2.72. The highest BCUT2D eigenvalue weighted by Crippen LogP contribution is 2.35. The zero-order valence-electron chi connectivity index (χ0n) is 20.8. The van der Waals surface area contributed by atoms with Gasteiger partial charge in [0.2, 0.25) is 5.95 Å². The molecule has 1 aromatic carbocycles. The Balaban J connectivity index is 1.50. The van der Waals surface area contributed by atoms with Crippen LogP contribution in [0.5, 0.6) is 0 Å². The van der Waals surface area contributed by atoms with Gasteiger partial charge in [-0.15, -0.1) is 11.3 Å². The summed E-state index contributed by atoms with van der Waals surface area (Å²) < 4.78 is 6.55. The monoisotopic (exact) mass is 534 g/mol. The fourth-order valence-electron chi connectivity index (χ4n) is 4.11. The second-order valence-electron chi connectivity index (χ2n) is 8.73. The Morgan fingerprint density at radius 1 is 1.18 bits per heavy atom. The van der Waals surface area contributed by atoms with Gasteiger partial charge in [0.1, 0.15) is 0 Å². The van der Waals surface area contributed by atoms with Crippen LogP contribution in [0.3, 0.4) is 0 Å². The Hall–Kier alpha value is -4.20. The number of morpholine rings is 1. The quantitative estimate of drug-likeness (QED) is 0.140. The minimum Gasteiger partial charge on any atom is -0.411 e. The first-order valence-electron chi connectivity index (χ1n) is 11.9. The number of amides is 1. The number of carbonyl (C=O) groups is 1. The number of fused-ring (bicyclic) bond motifs is 1. The zero-order valence-corrected chi connectivity index (χ0v) is 21.6. The maximum absolute atomic E-state index is 11.5. The SMILES string of the molecule is CC(=NO)c1cccc(-c2nc(N3CCOCC3)c3sc(CN(C)c4ncc(C(=O)NO)cn4)cc3n2)c1. The summed E-state index contributed by atoms with van der Waals surface area (Å²) in [5.41, 5.74) is 4.69. The summed E-state index contributed by atoms with van der Waals surface area (Å²) in [4.78, 5) is 35.0. The van der Waals surface area contributed by atoms with Gasteiger partial charge >= 0.3 is 0 Å². The van der Waals surface area contributed by atoms with Gasteiger partial charge < -0.3 is 19.7 Å². The van der Waals surface area contributed by atoms with Crippen molar-refractivity contribution in [3.8, 4) is 11.4 Å². The third-order valence-corrected chi connectivity index (χ3v) is 7.25. The molecule has 3 aromatic heterocycles. The highest BCUT2D eigenvalue weighted by atomic mass is 32.1. The molecule has 13 heteroatoms. The summed E-state index contributed by atoms with van der Waals surface area (Å²) in [7, 11) is 1.86. The number of hydrogen-bond acceptors (Lipinski definition) is 12. The first-order valence-corrected chi connectivity index (χ1v) is 12.7. The molecule has 0 bridgehead atoms. The van der Waals surface area contributed by atoms with Gasteiger partial charge in [-0.25, -0.2) is 25.4 Å². The first kappa shape index (κ1) is 25.4. The molecule has 12 nitrogen and oxygen atoms in total. The van der Waals surface area contributed by atoms with Gasteiger partial charge in [0.15, 0.2) is 11.6 Å². The number of aromatic nitrogens is 4. The van der Waals surface area contributed by atoms with Crippen LogP contribution in [-0.4, -0.2) is 75.3 Å². The molecule has 196 valence electrons. The van der Waals surface area contributed by atoms with Gasteiger partial charge in [-0.2, -0.15) is 0 Å². The zero-order chi connectivity index (χ0) is 26.6. The minimum atomic E-state index is -0.668. The van der Waals surface area contributed by atoms with Crippen molar-refractivity contribution in [2.75, 3.05) is 43.2 Å². The second-order valence-corrected chi connectivity index (χ2v) is 9.87. The molecule has 0 aliphatic carbocycles. The van der Waals surface area contributed by atoms with Crippen LogP contribution in [0.2, 0.25) is 0 Å². The molecule has 1 aliphatic rings. The first-order chi connectivity index (χ1) is 18.5. The molecule has 0 unspecified atom stereocenters. The molecule has 4 aromatic rings. The van der Waals surface area contributed by atoms with Gasteiger partial charge in [0.05, 0.1) is 41.3 Å². The maximum Gasteiger partial charge on any atom is 0.277 e. The molecule has 0 saturated carbocycles. The smallest absolute Gasteiger partial charge is 0.277 e. The lowest BCUT2D eigenvalue weighted by Crippen LogP contribution is -2.36. The van der Waals surface area contributed by atoms with Crippen molar-refractivity contribution in [2.24, 2.45) is 5.16 Å². The Morgan fingerprint density at radius 3 is 2.66 bits per heavy atom. The van der Waals surface area contributed by atoms with Crippen LogP contribution in [0, 0.1) is 0 Å². The van der Waals surface area contributed by atoms with E-state index in [0.717, 1.165) is 45.1 Å². The fourth-order valence-corrected chi connectivity index (χ4v) is 5.27. The number of hydrogen-bond donors (Lipinski definition) is 3. The summed E-state index contributed by atoms with van der Waals surface area (Å²) in [5, 5.41) is 21.3. The number of carbonyl (C=O) groups excluding carboxylic acids is 1. The molecule has 5 rings (SSSR count). The lowest BCUT2D eigenvalue weighted by atomic mass is 10.1. The number of anilines is 2. The third kappa shape index (κ3) is 5.25. The molecule has 1 fully saturated rings. The van der Waals surface area contributed by atoms with Crippen LogP contribution in [0.4, 0.5) is 11.8 Å². The van der Waals surface area contributed by atoms with Crippen LogP contribution < -0.4 is 15.3 Å². The number of rotatable bonds is 7. The molecular weight excluding hydrogens is 508 g/mol. The van der Waals surface area contributed by atoms with Crippen molar-refractivity contribution in [3.63, 3.8) is 0 Å². The highest BCUT2D eigenvalue weighted by molar-refractivity contribution is 7.19. The highest BCUT2D eigenvalue weighted by Gasteiger charge is 2.21. The van der Waals surface area contributed by atoms with Crippen molar-refractivity contribution >= 4 is 44.9 Å². The Labute approximate surface area is 222 Å². The Morgan fingerprint density at radius 2 is 1.95 bits per heavy atom. The van der Waals surface area contributed by atoms with Gasteiger partial charge in [0.25, 0.3) is 5.91 Å². The van der Waals surface area contributed by atoms with Gasteiger partial charge in [-0.05, 0) is 24.6 Å². The molecule has 1 amide bonds. The number of hydroxylamine groups is 1. The van der Waals surface area contributed by atoms with Crippen molar-refractivity contribution in [1.82, 2.24) is 25.4 Å².